The first-order valence-electron chi connectivity index (χ1n) is 9.85. The number of aryl methyl sites for hydroxylation is 2. The Kier molecular flexibility index (Phi) is 5.29. The number of nitrogens with zero attached hydrogens (tertiary/aromatic N) is 4. The molecule has 4 aromatic rings. The summed E-state index contributed by atoms with van der Waals surface area (Å²) in [5, 5.41) is 2.96. The predicted molar refractivity (Wildman–Crippen MR) is 118 cm³/mol. The number of carbonyl (C=O) groups is 1. The lowest BCUT2D eigenvalue weighted by Gasteiger charge is -2.21. The van der Waals surface area contributed by atoms with Crippen molar-refractivity contribution in [3.8, 4) is 5.75 Å². The Bertz CT molecular complexity index is 1320. The number of aromatic amines is 1. The van der Waals surface area contributed by atoms with Gasteiger partial charge in [0.15, 0.2) is 0 Å². The standard InChI is InChI=1S/C23H23N5O3/c1-14-7-5-6-8-19(14)21(30)27(13-17-9-11-18(31-4)12-10-17)23-25-22-24-16(3)15(2)20(29)28(22)26-23/h5-12H,13H2,1-4H3,(H,24,25,26). The van der Waals surface area contributed by atoms with Gasteiger partial charge >= 0.3 is 0 Å². The molecule has 0 fully saturated rings. The van der Waals surface area contributed by atoms with E-state index in [2.05, 4.69) is 15.1 Å². The Morgan fingerprint density at radius 1 is 1.06 bits per heavy atom. The first kappa shape index (κ1) is 20.3. The fraction of sp³-hybridized carbons (Fsp3) is 0.217. The molecule has 8 nitrogen and oxygen atoms in total. The Hall–Kier alpha value is -3.94. The van der Waals surface area contributed by atoms with Crippen LogP contribution in [0, 0.1) is 20.8 Å². The summed E-state index contributed by atoms with van der Waals surface area (Å²) >= 11 is 0. The van der Waals surface area contributed by atoms with E-state index in [1.54, 1.807) is 27.0 Å². The maximum Gasteiger partial charge on any atom is 0.277 e. The highest BCUT2D eigenvalue weighted by Crippen LogP contribution is 2.20. The molecule has 0 aliphatic heterocycles. The molecule has 0 spiro atoms. The summed E-state index contributed by atoms with van der Waals surface area (Å²) in [6.07, 6.45) is 0. The summed E-state index contributed by atoms with van der Waals surface area (Å²) in [6, 6.07) is 14.8. The van der Waals surface area contributed by atoms with Crippen LogP contribution in [-0.4, -0.2) is 32.6 Å². The molecule has 8 heteroatoms. The number of aromatic nitrogens is 4. The highest BCUT2D eigenvalue weighted by molar-refractivity contribution is 6.06. The van der Waals surface area contributed by atoms with Crippen molar-refractivity contribution in [3.05, 3.63) is 86.8 Å². The molecular formula is C23H23N5O3. The molecule has 1 N–H and O–H groups in total. The molecule has 0 unspecified atom stereocenters. The molecule has 0 radical (unpaired) electrons. The largest absolute Gasteiger partial charge is 0.497 e. The number of carbonyl (C=O) groups excluding carboxylic acids is 1. The fourth-order valence-electron chi connectivity index (χ4n) is 3.33. The highest BCUT2D eigenvalue weighted by atomic mass is 16.5. The Labute approximate surface area is 179 Å². The van der Waals surface area contributed by atoms with Crippen molar-refractivity contribution in [3.63, 3.8) is 0 Å². The van der Waals surface area contributed by atoms with Crippen LogP contribution >= 0.6 is 0 Å². The maximum atomic E-state index is 13.5. The number of methoxy groups -OCH3 is 1. The van der Waals surface area contributed by atoms with Crippen LogP contribution in [0.3, 0.4) is 0 Å². The summed E-state index contributed by atoms with van der Waals surface area (Å²) < 4.78 is 6.49. The van der Waals surface area contributed by atoms with Crippen LogP contribution in [0.15, 0.2) is 53.3 Å². The van der Waals surface area contributed by atoms with E-state index in [0.29, 0.717) is 16.8 Å². The monoisotopic (exact) mass is 417 g/mol. The maximum absolute atomic E-state index is 13.5. The van der Waals surface area contributed by atoms with Crippen LogP contribution in [0.4, 0.5) is 5.95 Å². The zero-order valence-corrected chi connectivity index (χ0v) is 17.8. The molecule has 0 aliphatic rings. The number of rotatable bonds is 5. The van der Waals surface area contributed by atoms with Crippen LogP contribution in [0.25, 0.3) is 5.78 Å². The number of fused-ring (bicyclic) bond motifs is 1. The van der Waals surface area contributed by atoms with Crippen molar-refractivity contribution in [2.45, 2.75) is 27.3 Å². The molecule has 2 heterocycles. The number of nitrogens with one attached hydrogen (secondary N) is 1. The predicted octanol–water partition coefficient (Wildman–Crippen LogP) is 3.20. The number of amides is 1. The van der Waals surface area contributed by atoms with E-state index in [1.165, 1.54) is 9.42 Å². The van der Waals surface area contributed by atoms with Crippen LogP contribution in [0.5, 0.6) is 5.75 Å². The average Bonchev–Trinajstić information content (AvgIpc) is 3.20. The molecule has 0 saturated carbocycles. The molecule has 0 saturated heterocycles. The van der Waals surface area contributed by atoms with Gasteiger partial charge in [0.2, 0.25) is 5.95 Å². The second kappa shape index (κ2) is 8.06. The van der Waals surface area contributed by atoms with Crippen LogP contribution in [0.2, 0.25) is 0 Å². The summed E-state index contributed by atoms with van der Waals surface area (Å²) in [6.45, 7) is 5.61. The number of anilines is 1. The van der Waals surface area contributed by atoms with Crippen molar-refractivity contribution in [1.82, 2.24) is 19.6 Å². The van der Waals surface area contributed by atoms with Crippen molar-refractivity contribution in [2.75, 3.05) is 12.0 Å². The van der Waals surface area contributed by atoms with Crippen molar-refractivity contribution < 1.29 is 9.53 Å². The second-order valence-electron chi connectivity index (χ2n) is 7.36. The molecule has 4 rings (SSSR count). The molecule has 158 valence electrons. The van der Waals surface area contributed by atoms with E-state index in [0.717, 1.165) is 16.9 Å². The average molecular weight is 417 g/mol. The zero-order valence-electron chi connectivity index (χ0n) is 17.8. The smallest absolute Gasteiger partial charge is 0.277 e. The van der Waals surface area contributed by atoms with Gasteiger partial charge in [-0.1, -0.05) is 30.3 Å². The van der Waals surface area contributed by atoms with Crippen LogP contribution in [-0.2, 0) is 6.54 Å². The molecule has 0 bridgehead atoms. The third kappa shape index (κ3) is 3.79. The first-order valence-corrected chi connectivity index (χ1v) is 9.85. The number of benzene rings is 2. The van der Waals surface area contributed by atoms with Crippen molar-refractivity contribution in [1.29, 1.82) is 0 Å². The quantitative estimate of drug-likeness (QED) is 0.538. The van der Waals surface area contributed by atoms with E-state index >= 15 is 0 Å². The Morgan fingerprint density at radius 2 is 1.77 bits per heavy atom. The lowest BCUT2D eigenvalue weighted by molar-refractivity contribution is 0.0983. The number of hydrogen-bond acceptors (Lipinski definition) is 5. The third-order valence-electron chi connectivity index (χ3n) is 5.33. The molecule has 0 atom stereocenters. The lowest BCUT2D eigenvalue weighted by Crippen LogP contribution is -2.32. The highest BCUT2D eigenvalue weighted by Gasteiger charge is 2.24. The van der Waals surface area contributed by atoms with E-state index in [-0.39, 0.29) is 29.7 Å². The normalized spacial score (nSPS) is 11.0. The van der Waals surface area contributed by atoms with Gasteiger partial charge in [0.05, 0.1) is 13.7 Å². The van der Waals surface area contributed by atoms with Gasteiger partial charge in [-0.2, -0.15) is 9.50 Å². The SMILES string of the molecule is COc1ccc(CN(C(=O)c2ccccc2C)c2nc3nc(C)c(C)c(=O)n3[nH]2)cc1. The van der Waals surface area contributed by atoms with E-state index in [9.17, 15) is 9.59 Å². The zero-order chi connectivity index (χ0) is 22.1. The van der Waals surface area contributed by atoms with E-state index in [1.807, 2.05) is 49.4 Å². The topological polar surface area (TPSA) is 92.6 Å². The molecule has 1 amide bonds. The van der Waals surface area contributed by atoms with Gasteiger partial charge < -0.3 is 4.74 Å². The number of H-pyrrole nitrogens is 1. The summed E-state index contributed by atoms with van der Waals surface area (Å²) in [4.78, 5) is 36.5. The van der Waals surface area contributed by atoms with Crippen molar-refractivity contribution in [2.24, 2.45) is 0 Å². The van der Waals surface area contributed by atoms with Gasteiger partial charge in [0.25, 0.3) is 17.2 Å². The molecule has 0 aliphatic carbocycles. The summed E-state index contributed by atoms with van der Waals surface area (Å²) in [7, 11) is 1.60. The van der Waals surface area contributed by atoms with Gasteiger partial charge in [0, 0.05) is 16.8 Å². The summed E-state index contributed by atoms with van der Waals surface area (Å²) in [5.41, 5.74) is 3.19. The van der Waals surface area contributed by atoms with Crippen LogP contribution < -0.4 is 15.2 Å². The van der Waals surface area contributed by atoms with Gasteiger partial charge in [-0.25, -0.2) is 4.98 Å². The molecule has 2 aromatic carbocycles. The van der Waals surface area contributed by atoms with Crippen molar-refractivity contribution >= 4 is 17.6 Å². The van der Waals surface area contributed by atoms with Gasteiger partial charge in [-0.3, -0.25) is 19.6 Å². The lowest BCUT2D eigenvalue weighted by atomic mass is 10.1. The minimum Gasteiger partial charge on any atom is -0.497 e. The van der Waals surface area contributed by atoms with Gasteiger partial charge in [0.1, 0.15) is 5.75 Å². The minimum absolute atomic E-state index is 0.223. The molecular weight excluding hydrogens is 394 g/mol. The Morgan fingerprint density at radius 3 is 2.45 bits per heavy atom. The third-order valence-corrected chi connectivity index (χ3v) is 5.33. The summed E-state index contributed by atoms with van der Waals surface area (Å²) in [5.74, 6) is 0.972. The number of hydrogen-bond donors (Lipinski definition) is 1. The van der Waals surface area contributed by atoms with Gasteiger partial charge in [-0.05, 0) is 50.1 Å². The molecule has 31 heavy (non-hydrogen) atoms. The second-order valence-corrected chi connectivity index (χ2v) is 7.36. The fourth-order valence-corrected chi connectivity index (χ4v) is 3.33. The molecule has 2 aromatic heterocycles. The minimum atomic E-state index is -0.242. The number of ether oxygens (including phenoxy) is 1. The van der Waals surface area contributed by atoms with Gasteiger partial charge in [-0.15, -0.1) is 0 Å². The van der Waals surface area contributed by atoms with E-state index in [4.69, 9.17) is 4.74 Å². The Balaban J connectivity index is 1.82. The van der Waals surface area contributed by atoms with E-state index < -0.39 is 0 Å². The van der Waals surface area contributed by atoms with Crippen LogP contribution in [0.1, 0.15) is 32.7 Å². The first-order chi connectivity index (χ1) is 14.9.